The zero-order chi connectivity index (χ0) is 19.9. The van der Waals surface area contributed by atoms with Gasteiger partial charge in [-0.1, -0.05) is 31.9 Å². The fourth-order valence-electron chi connectivity index (χ4n) is 3.19. The summed E-state index contributed by atoms with van der Waals surface area (Å²) in [6.45, 7) is 6.53. The van der Waals surface area contributed by atoms with E-state index in [-0.39, 0.29) is 17.6 Å². The predicted molar refractivity (Wildman–Crippen MR) is 97.3 cm³/mol. The maximum atomic E-state index is 12.2. The molecule has 1 aliphatic carbocycles. The number of allylic oxidation sites excluding steroid dienone is 2. The van der Waals surface area contributed by atoms with Crippen LogP contribution >= 0.6 is 11.6 Å². The van der Waals surface area contributed by atoms with E-state index in [2.05, 4.69) is 0 Å². The van der Waals surface area contributed by atoms with Gasteiger partial charge in [-0.05, 0) is 43.6 Å². The number of Topliss-reactive ketones (excluding diaryl/α,β-unsaturated/α-hetero) is 1. The number of fused-ring (bicyclic) bond motifs is 1. The van der Waals surface area contributed by atoms with Crippen LogP contribution in [0.1, 0.15) is 34.1 Å². The first-order chi connectivity index (χ1) is 11.9. The minimum absolute atomic E-state index is 0.0301. The van der Waals surface area contributed by atoms with Gasteiger partial charge in [0.15, 0.2) is 5.60 Å². The summed E-state index contributed by atoms with van der Waals surface area (Å²) in [4.78, 5) is 12.2. The van der Waals surface area contributed by atoms with Gasteiger partial charge in [-0.25, -0.2) is 0 Å². The van der Waals surface area contributed by atoms with E-state index < -0.39 is 35.1 Å². The lowest BCUT2D eigenvalue weighted by Gasteiger charge is -2.40. The van der Waals surface area contributed by atoms with Crippen LogP contribution in [0.15, 0.2) is 34.6 Å². The molecule has 6 atom stereocenters. The van der Waals surface area contributed by atoms with E-state index in [0.717, 1.165) is 0 Å². The molecule has 0 saturated carbocycles. The lowest BCUT2D eigenvalue weighted by molar-refractivity contribution is -0.150. The number of rotatable bonds is 5. The number of aliphatic hydroxyl groups is 4. The van der Waals surface area contributed by atoms with Gasteiger partial charge in [0.1, 0.15) is 17.5 Å². The number of aliphatic hydroxyl groups excluding tert-OH is 2. The molecule has 2 aliphatic rings. The van der Waals surface area contributed by atoms with Crippen LogP contribution < -0.4 is 0 Å². The maximum Gasteiger partial charge on any atom is 0.208 e. The molecule has 0 fully saturated rings. The second-order valence-electron chi connectivity index (χ2n) is 7.54. The lowest BCUT2D eigenvalue weighted by Crippen LogP contribution is -2.55. The van der Waals surface area contributed by atoms with E-state index in [1.807, 2.05) is 13.8 Å². The highest BCUT2D eigenvalue weighted by molar-refractivity contribution is 6.44. The first kappa shape index (κ1) is 21.1. The van der Waals surface area contributed by atoms with Crippen LogP contribution in [0.3, 0.4) is 0 Å². The summed E-state index contributed by atoms with van der Waals surface area (Å²) in [5, 5.41) is 41.0. The van der Waals surface area contributed by atoms with Gasteiger partial charge >= 0.3 is 0 Å². The first-order valence-electron chi connectivity index (χ1n) is 8.72. The predicted octanol–water partition coefficient (Wildman–Crippen LogP) is 1.42. The fourth-order valence-corrected chi connectivity index (χ4v) is 3.58. The van der Waals surface area contributed by atoms with Crippen molar-refractivity contribution in [1.29, 1.82) is 0 Å². The van der Waals surface area contributed by atoms with Gasteiger partial charge in [-0.3, -0.25) is 4.79 Å². The summed E-state index contributed by atoms with van der Waals surface area (Å²) in [7, 11) is 0. The molecule has 0 aromatic heterocycles. The monoisotopic (exact) mass is 386 g/mol. The van der Waals surface area contributed by atoms with Gasteiger partial charge < -0.3 is 25.2 Å². The Hall–Kier alpha value is -1.18. The average molecular weight is 387 g/mol. The summed E-state index contributed by atoms with van der Waals surface area (Å²) in [6.07, 6.45) is 2.88. The van der Waals surface area contributed by atoms with Gasteiger partial charge in [0, 0.05) is 5.92 Å². The quantitative estimate of drug-likeness (QED) is 0.569. The first-order valence-corrected chi connectivity index (χ1v) is 9.10. The molecule has 7 heteroatoms. The van der Waals surface area contributed by atoms with Crippen LogP contribution in [0.2, 0.25) is 0 Å². The van der Waals surface area contributed by atoms with Crippen molar-refractivity contribution in [3.63, 3.8) is 0 Å². The van der Waals surface area contributed by atoms with Crippen molar-refractivity contribution < 1.29 is 30.0 Å². The van der Waals surface area contributed by atoms with E-state index in [1.165, 1.54) is 32.1 Å². The highest BCUT2D eigenvalue weighted by atomic mass is 35.5. The van der Waals surface area contributed by atoms with Gasteiger partial charge in [0.25, 0.3) is 0 Å². The smallest absolute Gasteiger partial charge is 0.208 e. The van der Waals surface area contributed by atoms with Crippen molar-refractivity contribution in [1.82, 2.24) is 0 Å². The fraction of sp³-hybridized carbons (Fsp3) is 0.632. The van der Waals surface area contributed by atoms with E-state index >= 15 is 0 Å². The second-order valence-corrected chi connectivity index (χ2v) is 7.92. The Morgan fingerprint density at radius 3 is 2.73 bits per heavy atom. The van der Waals surface area contributed by atoms with Crippen molar-refractivity contribution in [2.24, 2.45) is 11.8 Å². The Kier molecular flexibility index (Phi) is 6.05. The molecule has 26 heavy (non-hydrogen) atoms. The third kappa shape index (κ3) is 3.75. The molecule has 4 N–H and O–H groups in total. The van der Waals surface area contributed by atoms with Crippen molar-refractivity contribution in [3.05, 3.63) is 34.6 Å². The molecule has 0 aromatic rings. The highest BCUT2D eigenvalue weighted by Crippen LogP contribution is 2.40. The number of ketones is 1. The number of carbonyl (C=O) groups is 1. The van der Waals surface area contributed by atoms with E-state index in [9.17, 15) is 25.2 Å². The Morgan fingerprint density at radius 1 is 1.54 bits per heavy atom. The van der Waals surface area contributed by atoms with Crippen LogP contribution in [0, 0.1) is 11.8 Å². The number of hydrogen-bond donors (Lipinski definition) is 4. The Morgan fingerprint density at radius 2 is 2.15 bits per heavy atom. The number of ether oxygens (including phenoxy) is 1. The molecule has 0 radical (unpaired) electrons. The van der Waals surface area contributed by atoms with Crippen molar-refractivity contribution in [3.8, 4) is 0 Å². The minimum atomic E-state index is -1.96. The average Bonchev–Trinajstić information content (AvgIpc) is 2.61. The van der Waals surface area contributed by atoms with E-state index in [4.69, 9.17) is 16.3 Å². The highest BCUT2D eigenvalue weighted by Gasteiger charge is 2.50. The second kappa shape index (κ2) is 7.44. The topological polar surface area (TPSA) is 107 Å². The van der Waals surface area contributed by atoms with Gasteiger partial charge in [-0.2, -0.15) is 0 Å². The SMILES string of the molecule is CC[C@H](C)[C@@H](O)[C@](C)(O)/C=C/C1=CC2=C(Cl)C(=O)[C@](C)(O)[C@H](O)[C@@H]2CO1. The molecular formula is C19H27ClO6. The van der Waals surface area contributed by atoms with E-state index in [1.54, 1.807) is 0 Å². The van der Waals surface area contributed by atoms with E-state index in [0.29, 0.717) is 17.8 Å². The standard InChI is InChI=1S/C19H27ClO6/c1-5-10(2)15(21)18(3,24)7-6-11-8-12-13(9-26-11)16(22)19(4,25)17(23)14(12)20/h6-8,10,13,15-16,21-22,24-25H,5,9H2,1-4H3/b7-6+/t10-,13+,15+,16+,18+,19+/m0/s1. The van der Waals surface area contributed by atoms with Gasteiger partial charge in [0.05, 0.1) is 17.7 Å². The van der Waals surface area contributed by atoms with Crippen LogP contribution in [-0.4, -0.2) is 56.2 Å². The number of halogens is 1. The van der Waals surface area contributed by atoms with Crippen molar-refractivity contribution in [2.75, 3.05) is 6.61 Å². The molecular weight excluding hydrogens is 360 g/mol. The maximum absolute atomic E-state index is 12.2. The molecule has 0 aromatic carbocycles. The summed E-state index contributed by atoms with van der Waals surface area (Å²) in [6, 6.07) is 0. The molecule has 146 valence electrons. The Balaban J connectivity index is 2.29. The molecule has 0 unspecified atom stereocenters. The Labute approximate surface area is 158 Å². The van der Waals surface area contributed by atoms with Crippen molar-refractivity contribution >= 4 is 17.4 Å². The third-order valence-electron chi connectivity index (χ3n) is 5.36. The zero-order valence-corrected chi connectivity index (χ0v) is 16.2. The summed E-state index contributed by atoms with van der Waals surface area (Å²) in [5.41, 5.74) is -3.02. The lowest BCUT2D eigenvalue weighted by atomic mass is 9.75. The third-order valence-corrected chi connectivity index (χ3v) is 5.75. The van der Waals surface area contributed by atoms with Gasteiger partial charge in [0.2, 0.25) is 5.78 Å². The number of carbonyl (C=O) groups excluding carboxylic acids is 1. The molecule has 0 amide bonds. The molecule has 0 saturated heterocycles. The Bertz CT molecular complexity index is 661. The van der Waals surface area contributed by atoms with Crippen molar-refractivity contribution in [2.45, 2.75) is 57.5 Å². The summed E-state index contributed by atoms with van der Waals surface area (Å²) < 4.78 is 5.56. The molecule has 0 bridgehead atoms. The van der Waals surface area contributed by atoms with Crippen LogP contribution in [-0.2, 0) is 9.53 Å². The largest absolute Gasteiger partial charge is 0.493 e. The van der Waals surface area contributed by atoms with Crippen LogP contribution in [0.25, 0.3) is 0 Å². The molecule has 2 rings (SSSR count). The zero-order valence-electron chi connectivity index (χ0n) is 15.4. The summed E-state index contributed by atoms with van der Waals surface area (Å²) in [5.74, 6) is -1.12. The molecule has 0 spiro atoms. The normalized spacial score (nSPS) is 34.0. The number of hydrogen-bond acceptors (Lipinski definition) is 6. The van der Waals surface area contributed by atoms with Crippen LogP contribution in [0.4, 0.5) is 0 Å². The molecule has 1 heterocycles. The molecule has 6 nitrogen and oxygen atoms in total. The minimum Gasteiger partial charge on any atom is -0.493 e. The van der Waals surface area contributed by atoms with Crippen LogP contribution in [0.5, 0.6) is 0 Å². The van der Waals surface area contributed by atoms with Gasteiger partial charge in [-0.15, -0.1) is 0 Å². The summed E-state index contributed by atoms with van der Waals surface area (Å²) >= 11 is 6.10. The molecule has 1 aliphatic heterocycles.